The number of aliphatic hydroxyl groups is 1. The minimum atomic E-state index is -0.668. The molecule has 174 valence electrons. The van der Waals surface area contributed by atoms with Crippen molar-refractivity contribution in [3.05, 3.63) is 29.8 Å². The largest absolute Gasteiger partial charge is 0.469 e. The molecule has 1 atom stereocenters. The first-order valence-electron chi connectivity index (χ1n) is 10.2. The minimum Gasteiger partial charge on any atom is -0.469 e. The number of carbonyl (C=O) groups excluding carboxylic acids is 4. The maximum absolute atomic E-state index is 11.8. The van der Waals surface area contributed by atoms with E-state index >= 15 is 0 Å². The van der Waals surface area contributed by atoms with Crippen molar-refractivity contribution in [1.29, 1.82) is 0 Å². The molecule has 1 aromatic carbocycles. The predicted molar refractivity (Wildman–Crippen MR) is 118 cm³/mol. The number of methoxy groups -OCH3 is 1. The second-order valence-corrected chi connectivity index (χ2v) is 7.09. The van der Waals surface area contributed by atoms with Crippen LogP contribution < -0.4 is 16.0 Å². The third kappa shape index (κ3) is 13.1. The van der Waals surface area contributed by atoms with Gasteiger partial charge in [-0.3, -0.25) is 14.4 Å². The van der Waals surface area contributed by atoms with Crippen LogP contribution in [0.2, 0.25) is 0 Å². The maximum Gasteiger partial charge on any atom is 0.305 e. The van der Waals surface area contributed by atoms with Gasteiger partial charge >= 0.3 is 5.97 Å². The molecule has 1 unspecified atom stereocenters. The van der Waals surface area contributed by atoms with Gasteiger partial charge in [-0.05, 0) is 36.5 Å². The summed E-state index contributed by atoms with van der Waals surface area (Å²) in [5.41, 5.74) is 2.01. The first kappa shape index (κ1) is 28.1. The van der Waals surface area contributed by atoms with Gasteiger partial charge in [-0.25, -0.2) is 0 Å². The molecule has 0 aromatic heterocycles. The van der Waals surface area contributed by atoms with E-state index in [1.54, 1.807) is 0 Å². The Balaban J connectivity index is 0.000000743. The van der Waals surface area contributed by atoms with E-state index in [-0.39, 0.29) is 49.7 Å². The molecule has 1 aromatic rings. The van der Waals surface area contributed by atoms with Gasteiger partial charge in [0.15, 0.2) is 0 Å². The summed E-state index contributed by atoms with van der Waals surface area (Å²) < 4.78 is 4.50. The van der Waals surface area contributed by atoms with Crippen molar-refractivity contribution < 1.29 is 29.0 Å². The van der Waals surface area contributed by atoms with Crippen LogP contribution >= 0.6 is 0 Å². The number of esters is 1. The molecule has 1 rings (SSSR count). The fourth-order valence-electron chi connectivity index (χ4n) is 2.47. The highest BCUT2D eigenvalue weighted by atomic mass is 16.5. The van der Waals surface area contributed by atoms with Crippen LogP contribution in [0.3, 0.4) is 0 Å². The summed E-state index contributed by atoms with van der Waals surface area (Å²) in [5.74, 6) is -1.01. The number of hydrogen-bond donors (Lipinski definition) is 4. The SMILES string of the molecule is CNc1ccc(CO)cc1.COC(=O)CCCCC(=O)NC(C(=O)NCC=O)C(C)C. The molecule has 0 bridgehead atoms. The summed E-state index contributed by atoms with van der Waals surface area (Å²) in [5, 5.41) is 16.7. The van der Waals surface area contributed by atoms with Gasteiger partial charge in [0.05, 0.1) is 20.3 Å². The van der Waals surface area contributed by atoms with Crippen molar-refractivity contribution in [3.63, 3.8) is 0 Å². The summed E-state index contributed by atoms with van der Waals surface area (Å²) in [7, 11) is 3.19. The van der Waals surface area contributed by atoms with Crippen LogP contribution in [-0.2, 0) is 30.5 Å². The van der Waals surface area contributed by atoms with E-state index in [1.807, 2.05) is 45.2 Å². The quantitative estimate of drug-likeness (QED) is 0.221. The van der Waals surface area contributed by atoms with Crippen molar-refractivity contribution >= 4 is 29.8 Å². The van der Waals surface area contributed by atoms with Gasteiger partial charge in [0.1, 0.15) is 12.3 Å². The van der Waals surface area contributed by atoms with Crippen LogP contribution in [0.5, 0.6) is 0 Å². The number of aldehydes is 1. The van der Waals surface area contributed by atoms with Crippen LogP contribution in [0.15, 0.2) is 24.3 Å². The van der Waals surface area contributed by atoms with Gasteiger partial charge in [-0.1, -0.05) is 26.0 Å². The minimum absolute atomic E-state index is 0.0724. The molecule has 4 N–H and O–H groups in total. The number of nitrogens with one attached hydrogen (secondary N) is 3. The Morgan fingerprint density at radius 3 is 2.19 bits per heavy atom. The highest BCUT2D eigenvalue weighted by molar-refractivity contribution is 5.88. The summed E-state index contributed by atoms with van der Waals surface area (Å²) in [6.45, 7) is 3.66. The number of benzene rings is 1. The normalized spacial score (nSPS) is 10.9. The molecule has 9 nitrogen and oxygen atoms in total. The van der Waals surface area contributed by atoms with Crippen LogP contribution in [0.4, 0.5) is 5.69 Å². The number of rotatable bonds is 12. The van der Waals surface area contributed by atoms with Gasteiger partial charge in [-0.15, -0.1) is 0 Å². The summed E-state index contributed by atoms with van der Waals surface area (Å²) >= 11 is 0. The van der Waals surface area contributed by atoms with Crippen LogP contribution in [-0.4, -0.2) is 55.9 Å². The molecule has 0 fully saturated rings. The van der Waals surface area contributed by atoms with E-state index in [0.717, 1.165) is 11.3 Å². The average molecular weight is 438 g/mol. The van der Waals surface area contributed by atoms with Crippen LogP contribution in [0.1, 0.15) is 45.1 Å². The smallest absolute Gasteiger partial charge is 0.305 e. The zero-order valence-corrected chi connectivity index (χ0v) is 18.8. The van der Waals surface area contributed by atoms with Gasteiger partial charge in [0.25, 0.3) is 0 Å². The third-order valence-corrected chi connectivity index (χ3v) is 4.31. The Labute approximate surface area is 183 Å². The Morgan fingerprint density at radius 2 is 1.71 bits per heavy atom. The molecule has 0 heterocycles. The molecule has 2 amide bonds. The first-order chi connectivity index (χ1) is 14.8. The number of anilines is 1. The van der Waals surface area contributed by atoms with Crippen molar-refractivity contribution in [2.24, 2.45) is 5.92 Å². The zero-order chi connectivity index (χ0) is 23.6. The summed E-state index contributed by atoms with van der Waals surface area (Å²) in [6, 6.07) is 6.99. The van der Waals surface area contributed by atoms with Gasteiger partial charge in [-0.2, -0.15) is 0 Å². The topological polar surface area (TPSA) is 134 Å². The number of carbonyl (C=O) groups is 4. The lowest BCUT2D eigenvalue weighted by Crippen LogP contribution is -2.50. The molecule has 0 aliphatic carbocycles. The average Bonchev–Trinajstić information content (AvgIpc) is 2.78. The molecule has 31 heavy (non-hydrogen) atoms. The second kappa shape index (κ2) is 16.8. The summed E-state index contributed by atoms with van der Waals surface area (Å²) in [4.78, 5) is 44.7. The highest BCUT2D eigenvalue weighted by Gasteiger charge is 2.23. The molecular formula is C22H35N3O6. The van der Waals surface area contributed by atoms with Crippen molar-refractivity contribution in [3.8, 4) is 0 Å². The predicted octanol–water partition coefficient (Wildman–Crippen LogP) is 1.40. The van der Waals surface area contributed by atoms with Gasteiger partial charge in [0, 0.05) is 25.6 Å². The summed E-state index contributed by atoms with van der Waals surface area (Å²) in [6.07, 6.45) is 2.20. The molecule has 0 aliphatic heterocycles. The maximum atomic E-state index is 11.8. The fourth-order valence-corrected chi connectivity index (χ4v) is 2.47. The molecule has 9 heteroatoms. The van der Waals surface area contributed by atoms with E-state index in [1.165, 1.54) is 7.11 Å². The highest BCUT2D eigenvalue weighted by Crippen LogP contribution is 2.07. The number of unbranched alkanes of at least 4 members (excludes halogenated alkanes) is 1. The first-order valence-corrected chi connectivity index (χ1v) is 10.2. The van der Waals surface area contributed by atoms with Gasteiger partial charge < -0.3 is 30.6 Å². The zero-order valence-electron chi connectivity index (χ0n) is 18.8. The molecule has 0 saturated heterocycles. The van der Waals surface area contributed by atoms with E-state index in [4.69, 9.17) is 5.11 Å². The number of aliphatic hydroxyl groups excluding tert-OH is 1. The van der Waals surface area contributed by atoms with Crippen molar-refractivity contribution in [2.45, 2.75) is 52.2 Å². The van der Waals surface area contributed by atoms with Crippen molar-refractivity contribution in [2.75, 3.05) is 26.0 Å². The van der Waals surface area contributed by atoms with Crippen molar-refractivity contribution in [1.82, 2.24) is 10.6 Å². The van der Waals surface area contributed by atoms with E-state index < -0.39 is 6.04 Å². The number of hydrogen-bond acceptors (Lipinski definition) is 7. The Bertz CT molecular complexity index is 653. The second-order valence-electron chi connectivity index (χ2n) is 7.09. The molecule has 0 radical (unpaired) electrons. The Morgan fingerprint density at radius 1 is 1.10 bits per heavy atom. The standard InChI is InChI=1S/C14H24N2O5.C8H11NO/c1-10(2)13(14(20)15-8-9-17)16-11(18)6-4-5-7-12(19)21-3;1-9-8-4-2-7(6-10)3-5-8/h9-10,13H,4-8H2,1-3H3,(H,15,20)(H,16,18);2-5,9-10H,6H2,1H3. The molecule has 0 saturated carbocycles. The van der Waals surface area contributed by atoms with Gasteiger partial charge in [0.2, 0.25) is 11.8 Å². The Hall–Kier alpha value is -2.94. The molecule has 0 aliphatic rings. The lowest BCUT2D eigenvalue weighted by atomic mass is 10.0. The van der Waals surface area contributed by atoms with E-state index in [9.17, 15) is 19.2 Å². The lowest BCUT2D eigenvalue weighted by molar-refractivity contribution is -0.140. The Kier molecular flexibility index (Phi) is 15.2. The molecular weight excluding hydrogens is 402 g/mol. The lowest BCUT2D eigenvalue weighted by Gasteiger charge is -2.21. The van der Waals surface area contributed by atoms with Crippen LogP contribution in [0.25, 0.3) is 0 Å². The number of amides is 2. The number of ether oxygens (including phenoxy) is 1. The van der Waals surface area contributed by atoms with Crippen LogP contribution in [0, 0.1) is 5.92 Å². The fraction of sp³-hybridized carbons (Fsp3) is 0.545. The molecule has 0 spiro atoms. The van der Waals surface area contributed by atoms with E-state index in [2.05, 4.69) is 20.7 Å². The third-order valence-electron chi connectivity index (χ3n) is 4.31. The monoisotopic (exact) mass is 437 g/mol. The van der Waals surface area contributed by atoms with E-state index in [0.29, 0.717) is 19.1 Å².